The van der Waals surface area contributed by atoms with E-state index in [-0.39, 0.29) is 48.4 Å². The molecule has 4 amide bonds. The molecular weight excluding hydrogens is 601 g/mol. The lowest BCUT2D eigenvalue weighted by molar-refractivity contribution is -0.138. The highest BCUT2D eigenvalue weighted by Gasteiger charge is 2.39. The van der Waals surface area contributed by atoms with Gasteiger partial charge in [0, 0.05) is 43.5 Å². The zero-order valence-electron chi connectivity index (χ0n) is 25.8. The molecule has 13 heteroatoms. The number of nitrogens with zero attached hydrogens (tertiary/aromatic N) is 4. The van der Waals surface area contributed by atoms with Crippen molar-refractivity contribution in [3.8, 4) is 0 Å². The average molecular weight is 639 g/mol. The Kier molecular flexibility index (Phi) is 9.78. The van der Waals surface area contributed by atoms with E-state index in [1.54, 1.807) is 35.0 Å². The summed E-state index contributed by atoms with van der Waals surface area (Å²) in [7, 11) is 0. The second kappa shape index (κ2) is 13.8. The highest BCUT2D eigenvalue weighted by Crippen LogP contribution is 2.37. The van der Waals surface area contributed by atoms with E-state index in [2.05, 4.69) is 15.6 Å². The largest absolute Gasteiger partial charge is 0.416 e. The molecule has 0 saturated heterocycles. The SMILES string of the molecule is CCCn1ccnc1C(C(=O)NC1CCCC1)N(C(=O)CCC(=O)N1CC(=O)Nc2ccccc21)c1ccc(C(F)(F)F)c(C)c1. The van der Waals surface area contributed by atoms with Crippen molar-refractivity contribution in [3.05, 3.63) is 71.8 Å². The number of imidazole rings is 1. The summed E-state index contributed by atoms with van der Waals surface area (Å²) in [6.45, 7) is 3.51. The van der Waals surface area contributed by atoms with Crippen molar-refractivity contribution in [1.29, 1.82) is 0 Å². The van der Waals surface area contributed by atoms with Crippen LogP contribution in [0.5, 0.6) is 0 Å². The number of carbonyl (C=O) groups is 4. The van der Waals surface area contributed by atoms with E-state index in [0.29, 0.717) is 24.3 Å². The van der Waals surface area contributed by atoms with Crippen molar-refractivity contribution in [1.82, 2.24) is 14.9 Å². The molecule has 2 heterocycles. The summed E-state index contributed by atoms with van der Waals surface area (Å²) in [6.07, 6.45) is 2.05. The molecule has 2 N–H and O–H groups in total. The number of hydrogen-bond donors (Lipinski definition) is 2. The van der Waals surface area contributed by atoms with Gasteiger partial charge in [0.05, 0.1) is 16.9 Å². The Labute approximate surface area is 265 Å². The number of anilines is 3. The fraction of sp³-hybridized carbons (Fsp3) is 0.424. The fourth-order valence-electron chi connectivity index (χ4n) is 6.18. The topological polar surface area (TPSA) is 117 Å². The number of halogens is 3. The number of aryl methyl sites for hydroxylation is 2. The predicted molar refractivity (Wildman–Crippen MR) is 166 cm³/mol. The Balaban J connectivity index is 1.52. The van der Waals surface area contributed by atoms with Gasteiger partial charge in [0.25, 0.3) is 5.91 Å². The molecule has 244 valence electrons. The molecule has 1 atom stereocenters. The molecule has 1 unspecified atom stereocenters. The lowest BCUT2D eigenvalue weighted by Gasteiger charge is -2.33. The van der Waals surface area contributed by atoms with Gasteiger partial charge in [-0.25, -0.2) is 4.98 Å². The molecule has 1 aliphatic heterocycles. The maximum absolute atomic E-state index is 14.2. The summed E-state index contributed by atoms with van der Waals surface area (Å²) in [4.78, 5) is 61.0. The molecule has 5 rings (SSSR count). The number of para-hydroxylation sites is 2. The van der Waals surface area contributed by atoms with E-state index in [9.17, 15) is 32.3 Å². The quantitative estimate of drug-likeness (QED) is 0.304. The van der Waals surface area contributed by atoms with Crippen LogP contribution in [-0.4, -0.2) is 45.8 Å². The number of alkyl halides is 3. The standard InChI is InChI=1S/C33H37F3N6O4/c1-3-17-40-18-16-37-31(40)30(32(46)38-22-8-4-5-9-22)42(23-12-13-24(21(2)19-23)33(34,35)36)29(45)15-14-28(44)41-20-27(43)39-25-10-6-7-11-26(25)41/h6-7,10-13,16,18-19,22,30H,3-5,8-9,14-15,17,20H2,1-2H3,(H,38,46)(H,39,43). The second-order valence-corrected chi connectivity index (χ2v) is 11.7. The van der Waals surface area contributed by atoms with Gasteiger partial charge < -0.3 is 20.1 Å². The number of nitrogens with one attached hydrogen (secondary N) is 2. The summed E-state index contributed by atoms with van der Waals surface area (Å²) in [5, 5.41) is 5.75. The molecule has 2 aromatic carbocycles. The Morgan fingerprint density at radius 1 is 1.11 bits per heavy atom. The molecule has 2 aliphatic rings. The zero-order chi connectivity index (χ0) is 33.0. The van der Waals surface area contributed by atoms with Crippen LogP contribution in [-0.2, 0) is 31.9 Å². The molecule has 0 spiro atoms. The lowest BCUT2D eigenvalue weighted by Crippen LogP contribution is -2.48. The maximum Gasteiger partial charge on any atom is 0.416 e. The summed E-state index contributed by atoms with van der Waals surface area (Å²) in [6, 6.07) is 8.67. The van der Waals surface area contributed by atoms with Gasteiger partial charge in [-0.1, -0.05) is 31.9 Å². The summed E-state index contributed by atoms with van der Waals surface area (Å²) >= 11 is 0. The average Bonchev–Trinajstić information content (AvgIpc) is 3.69. The Morgan fingerprint density at radius 3 is 2.54 bits per heavy atom. The van der Waals surface area contributed by atoms with Crippen LogP contribution in [0.25, 0.3) is 0 Å². The van der Waals surface area contributed by atoms with E-state index in [1.165, 1.54) is 30.2 Å². The van der Waals surface area contributed by atoms with Crippen LogP contribution in [0.4, 0.5) is 30.2 Å². The van der Waals surface area contributed by atoms with E-state index < -0.39 is 35.5 Å². The highest BCUT2D eigenvalue weighted by molar-refractivity contribution is 6.11. The lowest BCUT2D eigenvalue weighted by atomic mass is 10.0. The first-order valence-corrected chi connectivity index (χ1v) is 15.5. The molecule has 46 heavy (non-hydrogen) atoms. The molecular formula is C33H37F3N6O4. The van der Waals surface area contributed by atoms with Crippen molar-refractivity contribution in [2.24, 2.45) is 0 Å². The van der Waals surface area contributed by atoms with E-state index in [1.807, 2.05) is 6.92 Å². The number of fused-ring (bicyclic) bond motifs is 1. The molecule has 0 bridgehead atoms. The number of carbonyl (C=O) groups excluding carboxylic acids is 4. The summed E-state index contributed by atoms with van der Waals surface area (Å²) < 4.78 is 42.9. The minimum atomic E-state index is -4.61. The first-order valence-electron chi connectivity index (χ1n) is 15.5. The molecule has 3 aromatic rings. The zero-order valence-corrected chi connectivity index (χ0v) is 25.8. The normalized spacial score (nSPS) is 15.7. The van der Waals surface area contributed by atoms with Gasteiger partial charge in [-0.05, 0) is 62.1 Å². The van der Waals surface area contributed by atoms with E-state index >= 15 is 0 Å². The van der Waals surface area contributed by atoms with Gasteiger partial charge in [-0.2, -0.15) is 13.2 Å². The first kappa shape index (κ1) is 32.7. The van der Waals surface area contributed by atoms with Crippen LogP contribution in [0.2, 0.25) is 0 Å². The van der Waals surface area contributed by atoms with Gasteiger partial charge in [-0.15, -0.1) is 0 Å². The van der Waals surface area contributed by atoms with Crippen molar-refractivity contribution in [2.45, 2.75) is 83.6 Å². The smallest absolute Gasteiger partial charge is 0.351 e. The van der Waals surface area contributed by atoms with E-state index in [4.69, 9.17) is 0 Å². The second-order valence-electron chi connectivity index (χ2n) is 11.7. The van der Waals surface area contributed by atoms with Crippen LogP contribution >= 0.6 is 0 Å². The van der Waals surface area contributed by atoms with Gasteiger partial charge in [0.2, 0.25) is 17.7 Å². The third-order valence-corrected chi connectivity index (χ3v) is 8.35. The first-order chi connectivity index (χ1) is 22.0. The van der Waals surface area contributed by atoms with Crippen molar-refractivity contribution >= 4 is 40.7 Å². The molecule has 1 saturated carbocycles. The fourth-order valence-corrected chi connectivity index (χ4v) is 6.18. The van der Waals surface area contributed by atoms with Crippen molar-refractivity contribution in [2.75, 3.05) is 21.7 Å². The Hall–Kier alpha value is -4.68. The summed E-state index contributed by atoms with van der Waals surface area (Å²) in [5.41, 5.74) is 0.0436. The Bertz CT molecular complexity index is 1610. The molecule has 1 aliphatic carbocycles. The molecule has 1 fully saturated rings. The maximum atomic E-state index is 14.2. The van der Waals surface area contributed by atoms with Crippen LogP contribution in [0.15, 0.2) is 54.9 Å². The van der Waals surface area contributed by atoms with Crippen LogP contribution < -0.4 is 20.4 Å². The minimum Gasteiger partial charge on any atom is -0.351 e. The molecule has 1 aromatic heterocycles. The van der Waals surface area contributed by atoms with Crippen LogP contribution in [0.3, 0.4) is 0 Å². The summed E-state index contributed by atoms with van der Waals surface area (Å²) in [5.74, 6) is -1.77. The number of rotatable bonds is 10. The number of aromatic nitrogens is 2. The van der Waals surface area contributed by atoms with Gasteiger partial charge >= 0.3 is 6.18 Å². The van der Waals surface area contributed by atoms with Crippen molar-refractivity contribution < 1.29 is 32.3 Å². The predicted octanol–water partition coefficient (Wildman–Crippen LogP) is 5.52. The van der Waals surface area contributed by atoms with Gasteiger partial charge in [-0.3, -0.25) is 24.1 Å². The van der Waals surface area contributed by atoms with Crippen molar-refractivity contribution in [3.63, 3.8) is 0 Å². The number of hydrogen-bond acceptors (Lipinski definition) is 5. The van der Waals surface area contributed by atoms with Gasteiger partial charge in [0.15, 0.2) is 6.04 Å². The number of amides is 4. The van der Waals surface area contributed by atoms with E-state index in [0.717, 1.165) is 36.6 Å². The number of benzene rings is 2. The molecule has 0 radical (unpaired) electrons. The Morgan fingerprint density at radius 2 is 1.85 bits per heavy atom. The van der Waals surface area contributed by atoms with Gasteiger partial charge in [0.1, 0.15) is 12.4 Å². The van der Waals surface area contributed by atoms with Crippen LogP contribution in [0.1, 0.15) is 74.9 Å². The molecule has 10 nitrogen and oxygen atoms in total. The third kappa shape index (κ3) is 7.08. The third-order valence-electron chi connectivity index (χ3n) is 8.35. The van der Waals surface area contributed by atoms with Crippen LogP contribution in [0, 0.1) is 6.92 Å². The highest BCUT2D eigenvalue weighted by atomic mass is 19.4. The monoisotopic (exact) mass is 638 g/mol. The minimum absolute atomic E-state index is 0.0725.